The summed E-state index contributed by atoms with van der Waals surface area (Å²) >= 11 is 0. The number of hydrogen-bond donors (Lipinski definition) is 1. The molecule has 1 amide bonds. The second kappa shape index (κ2) is 8.57. The molecule has 0 saturated carbocycles. The Labute approximate surface area is 198 Å². The van der Waals surface area contributed by atoms with Crippen LogP contribution in [0.1, 0.15) is 35.0 Å². The first-order chi connectivity index (χ1) is 16.7. The molecule has 1 unspecified atom stereocenters. The van der Waals surface area contributed by atoms with Gasteiger partial charge in [0, 0.05) is 17.7 Å². The van der Waals surface area contributed by atoms with Crippen LogP contribution < -0.4 is 0 Å². The molecule has 1 aromatic heterocycles. The van der Waals surface area contributed by atoms with Crippen molar-refractivity contribution in [3.05, 3.63) is 95.3 Å². The number of hydrogen-bond acceptors (Lipinski definition) is 4. The monoisotopic (exact) mass is 478 g/mol. The summed E-state index contributed by atoms with van der Waals surface area (Å²) in [6.07, 6.45) is -4.26. The zero-order chi connectivity index (χ0) is 24.7. The second-order valence-electron chi connectivity index (χ2n) is 8.45. The molecule has 178 valence electrons. The highest BCUT2D eigenvalue weighted by Gasteiger charge is 2.37. The summed E-state index contributed by atoms with van der Waals surface area (Å²) in [5, 5.41) is 21.9. The molecule has 9 heteroatoms. The first-order valence-electron chi connectivity index (χ1n) is 11.0. The summed E-state index contributed by atoms with van der Waals surface area (Å²) in [7, 11) is 0. The van der Waals surface area contributed by atoms with Gasteiger partial charge in [-0.25, -0.2) is 5.01 Å². The minimum absolute atomic E-state index is 0.0138. The third-order valence-electron chi connectivity index (χ3n) is 6.10. The number of amides is 1. The molecular weight excluding hydrogens is 457 g/mol. The van der Waals surface area contributed by atoms with Crippen molar-refractivity contribution < 1.29 is 23.1 Å². The lowest BCUT2D eigenvalue weighted by molar-refractivity contribution is -0.142. The molecule has 1 aliphatic heterocycles. The number of alkyl halides is 3. The van der Waals surface area contributed by atoms with E-state index in [-0.39, 0.29) is 11.4 Å². The van der Waals surface area contributed by atoms with Gasteiger partial charge in [0.05, 0.1) is 11.8 Å². The summed E-state index contributed by atoms with van der Waals surface area (Å²) in [6.45, 7) is 1.05. The van der Waals surface area contributed by atoms with Crippen molar-refractivity contribution in [3.8, 4) is 5.75 Å². The Bertz CT molecular complexity index is 1460. The minimum atomic E-state index is -4.60. The highest BCUT2D eigenvalue weighted by Crippen LogP contribution is 2.37. The summed E-state index contributed by atoms with van der Waals surface area (Å²) in [6, 6.07) is 20.7. The van der Waals surface area contributed by atoms with Gasteiger partial charge < -0.3 is 5.11 Å². The highest BCUT2D eigenvalue weighted by molar-refractivity contribution is 6.05. The van der Waals surface area contributed by atoms with E-state index in [1.54, 1.807) is 18.2 Å². The van der Waals surface area contributed by atoms with Gasteiger partial charge in [-0.05, 0) is 41.5 Å². The van der Waals surface area contributed by atoms with Crippen LogP contribution in [0.2, 0.25) is 0 Å². The first kappa shape index (κ1) is 22.6. The third kappa shape index (κ3) is 4.37. The summed E-state index contributed by atoms with van der Waals surface area (Å²) in [4.78, 5) is 13.3. The molecule has 2 heterocycles. The fourth-order valence-corrected chi connectivity index (χ4v) is 4.30. The molecule has 0 saturated heterocycles. The Kier molecular flexibility index (Phi) is 5.55. The van der Waals surface area contributed by atoms with Crippen molar-refractivity contribution in [1.82, 2.24) is 14.8 Å². The maximum absolute atomic E-state index is 13.3. The number of aryl methyl sites for hydroxylation is 1. The highest BCUT2D eigenvalue weighted by atomic mass is 19.4. The van der Waals surface area contributed by atoms with Crippen LogP contribution in [0.25, 0.3) is 10.8 Å². The fourth-order valence-electron chi connectivity index (χ4n) is 4.30. The van der Waals surface area contributed by atoms with Crippen LogP contribution in [-0.2, 0) is 17.5 Å². The Morgan fingerprint density at radius 1 is 1.03 bits per heavy atom. The van der Waals surface area contributed by atoms with Gasteiger partial charge in [0.15, 0.2) is 5.69 Å². The molecule has 1 atom stereocenters. The van der Waals surface area contributed by atoms with Gasteiger partial charge in [0.1, 0.15) is 12.3 Å². The van der Waals surface area contributed by atoms with Crippen molar-refractivity contribution >= 4 is 22.4 Å². The third-order valence-corrected chi connectivity index (χ3v) is 6.10. The minimum Gasteiger partial charge on any atom is -0.508 e. The maximum Gasteiger partial charge on any atom is 0.435 e. The Balaban J connectivity index is 1.50. The van der Waals surface area contributed by atoms with Crippen molar-refractivity contribution in [1.29, 1.82) is 0 Å². The van der Waals surface area contributed by atoms with E-state index in [4.69, 9.17) is 0 Å². The van der Waals surface area contributed by atoms with Crippen LogP contribution >= 0.6 is 0 Å². The number of phenolic OH excluding ortho intramolecular Hbond substituents is 1. The molecule has 5 rings (SSSR count). The number of benzene rings is 3. The van der Waals surface area contributed by atoms with Crippen LogP contribution in [0.4, 0.5) is 13.2 Å². The largest absolute Gasteiger partial charge is 0.508 e. The first-order valence-corrected chi connectivity index (χ1v) is 11.0. The predicted octanol–water partition coefficient (Wildman–Crippen LogP) is 5.45. The molecule has 1 N–H and O–H groups in total. The normalized spacial score (nSPS) is 16.1. The van der Waals surface area contributed by atoms with E-state index in [2.05, 4.69) is 10.2 Å². The molecule has 4 aromatic rings. The van der Waals surface area contributed by atoms with E-state index < -0.39 is 30.4 Å². The number of para-hydroxylation sites is 1. The van der Waals surface area contributed by atoms with Crippen LogP contribution in [-0.4, -0.2) is 31.5 Å². The molecule has 0 spiro atoms. The summed E-state index contributed by atoms with van der Waals surface area (Å²) in [5.74, 6) is -0.520. The van der Waals surface area contributed by atoms with Crippen LogP contribution in [0, 0.1) is 6.92 Å². The van der Waals surface area contributed by atoms with Gasteiger partial charge in [-0.2, -0.15) is 23.4 Å². The standard InChI is InChI=1S/C26H21F3N4O2/c1-16-12-24(26(27,28)29)31-32(16)15-25(35)33-22(20-8-4-5-9-23(20)34)14-21(30-33)19-11-10-17-6-2-3-7-18(17)13-19/h2-13,22,34H,14-15H2,1H3. The van der Waals surface area contributed by atoms with Gasteiger partial charge in [-0.15, -0.1) is 0 Å². The lowest BCUT2D eigenvalue weighted by Crippen LogP contribution is -2.31. The molecule has 0 aliphatic carbocycles. The average Bonchev–Trinajstić information content (AvgIpc) is 3.43. The number of halogens is 3. The number of aromatic nitrogens is 2. The lowest BCUT2D eigenvalue weighted by Gasteiger charge is -2.23. The van der Waals surface area contributed by atoms with E-state index in [1.807, 2.05) is 42.5 Å². The van der Waals surface area contributed by atoms with Gasteiger partial charge in [0.2, 0.25) is 0 Å². The number of fused-ring (bicyclic) bond motifs is 1. The number of aromatic hydroxyl groups is 1. The molecule has 6 nitrogen and oxygen atoms in total. The zero-order valence-electron chi connectivity index (χ0n) is 18.7. The second-order valence-corrected chi connectivity index (χ2v) is 8.45. The van der Waals surface area contributed by atoms with E-state index >= 15 is 0 Å². The van der Waals surface area contributed by atoms with Crippen LogP contribution in [0.3, 0.4) is 0 Å². The number of hydrazone groups is 1. The smallest absolute Gasteiger partial charge is 0.435 e. The van der Waals surface area contributed by atoms with Gasteiger partial charge in [-0.1, -0.05) is 54.6 Å². The number of carbonyl (C=O) groups is 1. The lowest BCUT2D eigenvalue weighted by atomic mass is 9.96. The van der Waals surface area contributed by atoms with E-state index in [9.17, 15) is 23.1 Å². The number of phenols is 1. The van der Waals surface area contributed by atoms with E-state index in [0.717, 1.165) is 27.1 Å². The van der Waals surface area contributed by atoms with Gasteiger partial charge in [0.25, 0.3) is 5.91 Å². The van der Waals surface area contributed by atoms with E-state index in [1.165, 1.54) is 18.0 Å². The Hall–Kier alpha value is -4.14. The number of nitrogens with zero attached hydrogens (tertiary/aromatic N) is 4. The van der Waals surface area contributed by atoms with Crippen molar-refractivity contribution in [2.24, 2.45) is 5.10 Å². The Morgan fingerprint density at radius 3 is 2.46 bits per heavy atom. The topological polar surface area (TPSA) is 70.7 Å². The molecule has 0 bridgehead atoms. The summed E-state index contributed by atoms with van der Waals surface area (Å²) in [5.41, 5.74) is 1.14. The maximum atomic E-state index is 13.3. The predicted molar refractivity (Wildman–Crippen MR) is 125 cm³/mol. The van der Waals surface area contributed by atoms with Crippen LogP contribution in [0.15, 0.2) is 77.9 Å². The average molecular weight is 478 g/mol. The molecule has 3 aromatic carbocycles. The van der Waals surface area contributed by atoms with Crippen LogP contribution in [0.5, 0.6) is 5.75 Å². The van der Waals surface area contributed by atoms with Crippen molar-refractivity contribution in [2.45, 2.75) is 32.1 Å². The SMILES string of the molecule is Cc1cc(C(F)(F)F)nn1CC(=O)N1N=C(c2ccc3ccccc3c2)CC1c1ccccc1O. The van der Waals surface area contributed by atoms with Crippen molar-refractivity contribution in [3.63, 3.8) is 0 Å². The zero-order valence-corrected chi connectivity index (χ0v) is 18.7. The molecule has 35 heavy (non-hydrogen) atoms. The van der Waals surface area contributed by atoms with Crippen molar-refractivity contribution in [2.75, 3.05) is 0 Å². The quantitative estimate of drug-likeness (QED) is 0.424. The molecular formula is C26H21F3N4O2. The van der Waals surface area contributed by atoms with Gasteiger partial charge >= 0.3 is 6.18 Å². The van der Waals surface area contributed by atoms with Gasteiger partial charge in [-0.3, -0.25) is 9.48 Å². The summed E-state index contributed by atoms with van der Waals surface area (Å²) < 4.78 is 40.3. The molecule has 0 radical (unpaired) electrons. The Morgan fingerprint density at radius 2 is 1.74 bits per heavy atom. The molecule has 0 fully saturated rings. The van der Waals surface area contributed by atoms with E-state index in [0.29, 0.717) is 17.7 Å². The number of carbonyl (C=O) groups excluding carboxylic acids is 1. The number of rotatable bonds is 4. The molecule has 1 aliphatic rings. The fraction of sp³-hybridized carbons (Fsp3) is 0.192.